The molecule has 0 aromatic rings. The largest absolute Gasteiger partial charge is 0.394 e. The highest BCUT2D eigenvalue weighted by Gasteiger charge is 2.51. The second-order valence-corrected chi connectivity index (χ2v) is 22.5. The van der Waals surface area contributed by atoms with Gasteiger partial charge >= 0.3 is 0 Å². The summed E-state index contributed by atoms with van der Waals surface area (Å²) in [5.74, 6) is -0.244. The number of allylic oxidation sites excluding steroid dienone is 3. The van der Waals surface area contributed by atoms with E-state index in [4.69, 9.17) is 18.9 Å². The first kappa shape index (κ1) is 70.6. The minimum absolute atomic E-state index is 0.244. The SMILES string of the molecule is CCCCCCCCCCCCCCCCCCC/C=C/CC/C=C/C(O)C(COC1OC(CO)C(OC2OC(CO)C(O)C(O)C2O)C(O)C1O)NC(=O)CCCCCCCCCCCCCCCCCCCCC. The number of hydrogen-bond donors (Lipinski definition) is 9. The number of rotatable bonds is 51. The van der Waals surface area contributed by atoms with Gasteiger partial charge in [0.2, 0.25) is 5.91 Å². The molecule has 0 radical (unpaired) electrons. The van der Waals surface area contributed by atoms with Crippen LogP contribution in [0, 0.1) is 0 Å². The molecule has 9 N–H and O–H groups in total. The van der Waals surface area contributed by atoms with Crippen LogP contribution in [0.5, 0.6) is 0 Å². The molecule has 12 atom stereocenters. The molecule has 0 spiro atoms. The van der Waals surface area contributed by atoms with Crippen molar-refractivity contribution in [3.63, 3.8) is 0 Å². The molecule has 2 aliphatic rings. The zero-order valence-electron chi connectivity index (χ0n) is 48.3. The van der Waals surface area contributed by atoms with Crippen molar-refractivity contribution in [3.05, 3.63) is 24.3 Å². The van der Waals surface area contributed by atoms with Crippen LogP contribution in [0.4, 0.5) is 0 Å². The third-order valence-electron chi connectivity index (χ3n) is 15.6. The van der Waals surface area contributed by atoms with Crippen LogP contribution in [0.3, 0.4) is 0 Å². The van der Waals surface area contributed by atoms with Crippen molar-refractivity contribution in [1.82, 2.24) is 5.32 Å². The molecule has 2 saturated heterocycles. The molecule has 2 heterocycles. The van der Waals surface area contributed by atoms with E-state index in [0.717, 1.165) is 32.1 Å². The molecular formula is C62H117NO13. The average Bonchev–Trinajstić information content (AvgIpc) is 3.42. The molecule has 0 aliphatic carbocycles. The van der Waals surface area contributed by atoms with Gasteiger partial charge in [0, 0.05) is 6.42 Å². The lowest BCUT2D eigenvalue weighted by Gasteiger charge is -2.46. The minimum Gasteiger partial charge on any atom is -0.394 e. The summed E-state index contributed by atoms with van der Waals surface area (Å²) in [6.45, 7) is 2.82. The van der Waals surface area contributed by atoms with E-state index in [9.17, 15) is 45.6 Å². The molecule has 14 heteroatoms. The Morgan fingerprint density at radius 2 is 0.842 bits per heavy atom. The highest BCUT2D eigenvalue weighted by atomic mass is 16.7. The Hall–Kier alpha value is -1.53. The van der Waals surface area contributed by atoms with Gasteiger partial charge in [-0.25, -0.2) is 0 Å². The van der Waals surface area contributed by atoms with Gasteiger partial charge < -0.3 is 65.1 Å². The second kappa shape index (κ2) is 48.2. The van der Waals surface area contributed by atoms with Gasteiger partial charge in [-0.3, -0.25) is 4.79 Å². The Kier molecular flexibility index (Phi) is 44.8. The fraction of sp³-hybridized carbons (Fsp3) is 0.919. The van der Waals surface area contributed by atoms with Crippen LogP contribution in [-0.4, -0.2) is 140 Å². The van der Waals surface area contributed by atoms with Crippen LogP contribution >= 0.6 is 0 Å². The van der Waals surface area contributed by atoms with E-state index in [2.05, 4.69) is 31.3 Å². The molecule has 14 nitrogen and oxygen atoms in total. The highest BCUT2D eigenvalue weighted by molar-refractivity contribution is 5.76. The summed E-state index contributed by atoms with van der Waals surface area (Å²) in [4.78, 5) is 13.3. The molecule has 1 amide bonds. The Balaban J connectivity index is 1.76. The lowest BCUT2D eigenvalue weighted by Crippen LogP contribution is -2.65. The van der Waals surface area contributed by atoms with Gasteiger partial charge in [0.15, 0.2) is 12.6 Å². The summed E-state index contributed by atoms with van der Waals surface area (Å²) >= 11 is 0. The van der Waals surface area contributed by atoms with Crippen LogP contribution in [0.1, 0.15) is 271 Å². The minimum atomic E-state index is -1.79. The molecule has 448 valence electrons. The maximum Gasteiger partial charge on any atom is 0.220 e. The predicted molar refractivity (Wildman–Crippen MR) is 305 cm³/mol. The normalized spacial score (nSPS) is 25.0. The maximum absolute atomic E-state index is 13.3. The van der Waals surface area contributed by atoms with Gasteiger partial charge in [-0.2, -0.15) is 0 Å². The lowest BCUT2D eigenvalue weighted by atomic mass is 9.97. The van der Waals surface area contributed by atoms with E-state index < -0.39 is 86.8 Å². The van der Waals surface area contributed by atoms with Crippen LogP contribution in [0.2, 0.25) is 0 Å². The van der Waals surface area contributed by atoms with Gasteiger partial charge in [0.05, 0.1) is 32.0 Å². The third-order valence-corrected chi connectivity index (χ3v) is 15.6. The van der Waals surface area contributed by atoms with Crippen molar-refractivity contribution < 1.29 is 64.6 Å². The van der Waals surface area contributed by atoms with Gasteiger partial charge in [0.25, 0.3) is 0 Å². The van der Waals surface area contributed by atoms with Gasteiger partial charge in [-0.1, -0.05) is 256 Å². The zero-order chi connectivity index (χ0) is 55.3. The first-order valence-corrected chi connectivity index (χ1v) is 31.6. The quantitative estimate of drug-likeness (QED) is 0.0204. The van der Waals surface area contributed by atoms with Gasteiger partial charge in [-0.05, 0) is 32.1 Å². The van der Waals surface area contributed by atoms with E-state index in [1.807, 2.05) is 6.08 Å². The summed E-state index contributed by atoms with van der Waals surface area (Å²) in [6, 6.07) is -0.928. The number of unbranched alkanes of at least 4 members (excludes halogenated alkanes) is 36. The second-order valence-electron chi connectivity index (χ2n) is 22.5. The van der Waals surface area contributed by atoms with Crippen LogP contribution < -0.4 is 5.32 Å². The van der Waals surface area contributed by atoms with Crippen molar-refractivity contribution in [2.45, 2.75) is 344 Å². The first-order valence-electron chi connectivity index (χ1n) is 31.6. The van der Waals surface area contributed by atoms with E-state index >= 15 is 0 Å². The molecule has 76 heavy (non-hydrogen) atoms. The number of carbonyl (C=O) groups is 1. The lowest BCUT2D eigenvalue weighted by molar-refractivity contribution is -0.359. The molecule has 0 aromatic carbocycles. The summed E-state index contributed by atoms with van der Waals surface area (Å²) in [5, 5.41) is 87.2. The van der Waals surface area contributed by atoms with Crippen molar-refractivity contribution in [2.75, 3.05) is 19.8 Å². The number of nitrogens with one attached hydrogen (secondary N) is 1. The van der Waals surface area contributed by atoms with Crippen LogP contribution in [0.25, 0.3) is 0 Å². The smallest absolute Gasteiger partial charge is 0.220 e. The van der Waals surface area contributed by atoms with Gasteiger partial charge in [-0.15, -0.1) is 0 Å². The Morgan fingerprint density at radius 3 is 1.29 bits per heavy atom. The fourth-order valence-corrected chi connectivity index (χ4v) is 10.5. The summed E-state index contributed by atoms with van der Waals surface area (Å²) in [5.41, 5.74) is 0. The summed E-state index contributed by atoms with van der Waals surface area (Å²) in [6.07, 6.45) is 40.8. The number of aliphatic hydroxyl groups excluding tert-OH is 8. The summed E-state index contributed by atoms with van der Waals surface area (Å²) < 4.78 is 22.8. The number of hydrogen-bond acceptors (Lipinski definition) is 13. The zero-order valence-corrected chi connectivity index (χ0v) is 48.3. The molecular weight excluding hydrogens is 967 g/mol. The van der Waals surface area contributed by atoms with Crippen molar-refractivity contribution in [2.24, 2.45) is 0 Å². The Labute approximate surface area is 462 Å². The molecule has 12 unspecified atom stereocenters. The monoisotopic (exact) mass is 1080 g/mol. The Morgan fingerprint density at radius 1 is 0.461 bits per heavy atom. The van der Waals surface area contributed by atoms with E-state index in [0.29, 0.717) is 12.8 Å². The van der Waals surface area contributed by atoms with E-state index in [1.165, 1.54) is 205 Å². The Bertz CT molecular complexity index is 1370. The third kappa shape index (κ3) is 33.3. The highest BCUT2D eigenvalue weighted by Crippen LogP contribution is 2.30. The molecule has 2 aliphatic heterocycles. The van der Waals surface area contributed by atoms with Crippen LogP contribution in [-0.2, 0) is 23.7 Å². The van der Waals surface area contributed by atoms with E-state index in [-0.39, 0.29) is 18.9 Å². The van der Waals surface area contributed by atoms with E-state index in [1.54, 1.807) is 6.08 Å². The molecule has 2 fully saturated rings. The maximum atomic E-state index is 13.3. The number of aliphatic hydroxyl groups is 8. The standard InChI is InChI=1S/C62H117NO13/c1-3-5-7-9-11-13-15-17-19-21-23-24-25-26-28-29-31-33-35-37-39-41-43-45-51(66)50(63-54(67)46-44-42-40-38-36-34-32-30-27-22-20-18-16-14-12-10-8-6-4-2)49-73-61-59(72)57(70)60(53(48-65)75-61)76-62-58(71)56(69)55(68)52(47-64)74-62/h35,37,43,45,50-53,55-62,64-66,68-72H,3-34,36,38-42,44,46-49H2,1-2H3,(H,63,67)/b37-35+,45-43+. The van der Waals surface area contributed by atoms with Crippen LogP contribution in [0.15, 0.2) is 24.3 Å². The number of amides is 1. The predicted octanol–water partition coefficient (Wildman–Crippen LogP) is 11.2. The number of ether oxygens (including phenoxy) is 4. The van der Waals surface area contributed by atoms with Gasteiger partial charge in [0.1, 0.15) is 48.8 Å². The first-order chi connectivity index (χ1) is 37.1. The topological polar surface area (TPSA) is 228 Å². The summed E-state index contributed by atoms with van der Waals surface area (Å²) in [7, 11) is 0. The fourth-order valence-electron chi connectivity index (χ4n) is 10.5. The number of carbonyl (C=O) groups excluding carboxylic acids is 1. The van der Waals surface area contributed by atoms with Crippen molar-refractivity contribution in [3.8, 4) is 0 Å². The average molecular weight is 1080 g/mol. The molecule has 0 aromatic heterocycles. The van der Waals surface area contributed by atoms with Crippen molar-refractivity contribution in [1.29, 1.82) is 0 Å². The molecule has 0 saturated carbocycles. The van der Waals surface area contributed by atoms with Crippen molar-refractivity contribution >= 4 is 5.91 Å². The molecule has 0 bridgehead atoms. The molecule has 2 rings (SSSR count).